The first-order chi connectivity index (χ1) is 5.68. The molecule has 1 heterocycles. The summed E-state index contributed by atoms with van der Waals surface area (Å²) in [5.41, 5.74) is 0. The Labute approximate surface area is 75.8 Å². The van der Waals surface area contributed by atoms with Crippen molar-refractivity contribution in [1.29, 1.82) is 0 Å². The van der Waals surface area contributed by atoms with Crippen LogP contribution in [-0.2, 0) is 11.2 Å². The van der Waals surface area contributed by atoms with Gasteiger partial charge in [-0.3, -0.25) is 4.79 Å². The first-order valence-corrected chi connectivity index (χ1v) is 4.72. The highest BCUT2D eigenvalue weighted by Gasteiger charge is 2.05. The number of carbonyl (C=O) groups excluding carboxylic acids is 1. The Balaban J connectivity index is 2.36. The van der Waals surface area contributed by atoms with Gasteiger partial charge in [0, 0.05) is 31.0 Å². The highest BCUT2D eigenvalue weighted by Crippen LogP contribution is 2.06. The zero-order valence-electron chi connectivity index (χ0n) is 7.20. The summed E-state index contributed by atoms with van der Waals surface area (Å²) >= 11 is 1.62. The molecule has 1 rings (SSSR count). The zero-order chi connectivity index (χ0) is 8.97. The number of hydrogen-bond acceptors (Lipinski definition) is 3. The molecule has 3 nitrogen and oxygen atoms in total. The minimum absolute atomic E-state index is 0.0130. The fraction of sp³-hybridized carbons (Fsp3) is 0.500. The minimum atomic E-state index is 0.0130. The number of thiazole rings is 1. The number of hydrogen-bond donors (Lipinski definition) is 1. The molecule has 0 fully saturated rings. The summed E-state index contributed by atoms with van der Waals surface area (Å²) in [6.07, 6.45) is 2.59. The second-order valence-electron chi connectivity index (χ2n) is 2.73. The highest BCUT2D eigenvalue weighted by atomic mass is 32.1. The van der Waals surface area contributed by atoms with Crippen LogP contribution in [0.2, 0.25) is 0 Å². The fourth-order valence-electron chi connectivity index (χ4n) is 1.01. The first kappa shape index (κ1) is 9.19. The standard InChI is InChI=1S/C8H12N2OS/c1-6(10-7(2)11)5-8-9-3-4-12-8/h3-4,6H,5H2,1-2H3,(H,10,11). The van der Waals surface area contributed by atoms with Crippen LogP contribution in [0.15, 0.2) is 11.6 Å². The van der Waals surface area contributed by atoms with Gasteiger partial charge in [-0.15, -0.1) is 11.3 Å². The van der Waals surface area contributed by atoms with Gasteiger partial charge >= 0.3 is 0 Å². The van der Waals surface area contributed by atoms with E-state index in [-0.39, 0.29) is 11.9 Å². The third-order valence-electron chi connectivity index (χ3n) is 1.41. The summed E-state index contributed by atoms with van der Waals surface area (Å²) in [6, 6.07) is 0.175. The van der Waals surface area contributed by atoms with E-state index in [9.17, 15) is 4.79 Å². The van der Waals surface area contributed by atoms with Crippen molar-refractivity contribution < 1.29 is 4.79 Å². The lowest BCUT2D eigenvalue weighted by atomic mass is 10.2. The van der Waals surface area contributed by atoms with Crippen LogP contribution in [0, 0.1) is 0 Å². The lowest BCUT2D eigenvalue weighted by Gasteiger charge is -2.09. The molecule has 0 aromatic carbocycles. The van der Waals surface area contributed by atoms with Crippen molar-refractivity contribution in [3.05, 3.63) is 16.6 Å². The van der Waals surface area contributed by atoms with E-state index in [2.05, 4.69) is 10.3 Å². The number of carbonyl (C=O) groups is 1. The summed E-state index contributed by atoms with van der Waals surface area (Å²) in [7, 11) is 0. The van der Waals surface area contributed by atoms with Crippen LogP contribution in [0.25, 0.3) is 0 Å². The van der Waals surface area contributed by atoms with Gasteiger partial charge in [-0.25, -0.2) is 4.98 Å². The smallest absolute Gasteiger partial charge is 0.217 e. The average molecular weight is 184 g/mol. The third kappa shape index (κ3) is 3.00. The van der Waals surface area contributed by atoms with Crippen molar-refractivity contribution in [2.45, 2.75) is 26.3 Å². The number of nitrogens with zero attached hydrogens (tertiary/aromatic N) is 1. The van der Waals surface area contributed by atoms with Crippen LogP contribution in [0.4, 0.5) is 0 Å². The van der Waals surface area contributed by atoms with Crippen molar-refractivity contribution in [2.24, 2.45) is 0 Å². The molecule has 4 heteroatoms. The van der Waals surface area contributed by atoms with Gasteiger partial charge in [-0.05, 0) is 6.92 Å². The molecule has 0 saturated heterocycles. The predicted molar refractivity (Wildman–Crippen MR) is 49.1 cm³/mol. The SMILES string of the molecule is CC(=O)NC(C)Cc1nccs1. The predicted octanol–water partition coefficient (Wildman–Crippen LogP) is 1.21. The number of nitrogens with one attached hydrogen (secondary N) is 1. The third-order valence-corrected chi connectivity index (χ3v) is 2.22. The summed E-state index contributed by atoms with van der Waals surface area (Å²) in [5, 5.41) is 5.82. The molecule has 12 heavy (non-hydrogen) atoms. The molecule has 0 bridgehead atoms. The molecule has 0 spiro atoms. The van der Waals surface area contributed by atoms with Gasteiger partial charge in [-0.1, -0.05) is 0 Å². The lowest BCUT2D eigenvalue weighted by molar-refractivity contribution is -0.119. The molecule has 0 saturated carbocycles. The van der Waals surface area contributed by atoms with Crippen molar-refractivity contribution in [2.75, 3.05) is 0 Å². The van der Waals surface area contributed by atoms with E-state index in [4.69, 9.17) is 0 Å². The Morgan fingerprint density at radius 3 is 3.08 bits per heavy atom. The average Bonchev–Trinajstić information content (AvgIpc) is 2.37. The van der Waals surface area contributed by atoms with Crippen LogP contribution in [0.3, 0.4) is 0 Å². The molecule has 1 unspecified atom stereocenters. The van der Waals surface area contributed by atoms with Gasteiger partial charge in [0.1, 0.15) is 0 Å². The van der Waals surface area contributed by atoms with Crippen LogP contribution < -0.4 is 5.32 Å². The zero-order valence-corrected chi connectivity index (χ0v) is 8.02. The minimum Gasteiger partial charge on any atom is -0.353 e. The van der Waals surface area contributed by atoms with E-state index in [1.165, 1.54) is 6.92 Å². The maximum atomic E-state index is 10.7. The lowest BCUT2D eigenvalue weighted by Crippen LogP contribution is -2.31. The van der Waals surface area contributed by atoms with E-state index in [1.54, 1.807) is 17.5 Å². The maximum absolute atomic E-state index is 10.7. The quantitative estimate of drug-likeness (QED) is 0.767. The molecule has 1 N–H and O–H groups in total. The second-order valence-corrected chi connectivity index (χ2v) is 3.71. The molecule has 1 atom stereocenters. The van der Waals surface area contributed by atoms with E-state index in [0.717, 1.165) is 11.4 Å². The van der Waals surface area contributed by atoms with Gasteiger partial charge in [0.25, 0.3) is 0 Å². The molecule has 1 aromatic rings. The Morgan fingerprint density at radius 2 is 2.58 bits per heavy atom. The second kappa shape index (κ2) is 4.21. The van der Waals surface area contributed by atoms with Crippen molar-refractivity contribution in [1.82, 2.24) is 10.3 Å². The number of rotatable bonds is 3. The largest absolute Gasteiger partial charge is 0.353 e. The van der Waals surface area contributed by atoms with E-state index in [0.29, 0.717) is 0 Å². The normalized spacial score (nSPS) is 12.5. The summed E-state index contributed by atoms with van der Waals surface area (Å²) in [5.74, 6) is 0.0130. The van der Waals surface area contributed by atoms with Gasteiger partial charge < -0.3 is 5.32 Å². The number of aromatic nitrogens is 1. The molecular weight excluding hydrogens is 172 g/mol. The van der Waals surface area contributed by atoms with Crippen molar-refractivity contribution >= 4 is 17.2 Å². The van der Waals surface area contributed by atoms with Crippen LogP contribution in [-0.4, -0.2) is 16.9 Å². The fourth-order valence-corrected chi connectivity index (χ4v) is 1.76. The van der Waals surface area contributed by atoms with Crippen molar-refractivity contribution in [3.63, 3.8) is 0 Å². The Morgan fingerprint density at radius 1 is 1.83 bits per heavy atom. The number of amides is 1. The molecule has 0 aliphatic carbocycles. The molecule has 1 aromatic heterocycles. The van der Waals surface area contributed by atoms with E-state index >= 15 is 0 Å². The van der Waals surface area contributed by atoms with E-state index in [1.807, 2.05) is 12.3 Å². The summed E-state index contributed by atoms with van der Waals surface area (Å²) in [4.78, 5) is 14.8. The van der Waals surface area contributed by atoms with Gasteiger partial charge in [0.2, 0.25) is 5.91 Å². The highest BCUT2D eigenvalue weighted by molar-refractivity contribution is 7.09. The summed E-state index contributed by atoms with van der Waals surface area (Å²) in [6.45, 7) is 3.50. The van der Waals surface area contributed by atoms with E-state index < -0.39 is 0 Å². The van der Waals surface area contributed by atoms with Crippen LogP contribution >= 0.6 is 11.3 Å². The van der Waals surface area contributed by atoms with Gasteiger partial charge in [0.05, 0.1) is 5.01 Å². The topological polar surface area (TPSA) is 42.0 Å². The van der Waals surface area contributed by atoms with Crippen molar-refractivity contribution in [3.8, 4) is 0 Å². The molecule has 1 amide bonds. The van der Waals surface area contributed by atoms with Gasteiger partial charge in [-0.2, -0.15) is 0 Å². The van der Waals surface area contributed by atoms with Crippen LogP contribution in [0.5, 0.6) is 0 Å². The Kier molecular flexibility index (Phi) is 3.22. The molecule has 0 aliphatic rings. The van der Waals surface area contributed by atoms with Gasteiger partial charge in [0.15, 0.2) is 0 Å². The Hall–Kier alpha value is -0.900. The molecule has 0 radical (unpaired) electrons. The first-order valence-electron chi connectivity index (χ1n) is 3.84. The maximum Gasteiger partial charge on any atom is 0.217 e. The summed E-state index contributed by atoms with van der Waals surface area (Å²) < 4.78 is 0. The molecular formula is C8H12N2OS. The van der Waals surface area contributed by atoms with Crippen LogP contribution in [0.1, 0.15) is 18.9 Å². The monoisotopic (exact) mass is 184 g/mol. The molecule has 0 aliphatic heterocycles. The molecule has 66 valence electrons. The Bertz CT molecular complexity index is 246.